The van der Waals surface area contributed by atoms with Gasteiger partial charge in [-0.25, -0.2) is 4.68 Å². The van der Waals surface area contributed by atoms with Crippen LogP contribution in [0.3, 0.4) is 0 Å². The zero-order chi connectivity index (χ0) is 30.3. The number of imide groups is 1. The summed E-state index contributed by atoms with van der Waals surface area (Å²) in [5.41, 5.74) is 4.22. The molecule has 0 saturated heterocycles. The second-order valence-electron chi connectivity index (χ2n) is 9.90. The maximum atomic E-state index is 13.6. The minimum atomic E-state index is -0.596. The molecule has 43 heavy (non-hydrogen) atoms. The van der Waals surface area contributed by atoms with Crippen molar-refractivity contribution in [2.75, 3.05) is 20.3 Å². The summed E-state index contributed by atoms with van der Waals surface area (Å²) in [6, 6.07) is 26.6. The smallest absolute Gasteiger partial charge is 0.271 e. The van der Waals surface area contributed by atoms with E-state index in [1.807, 2.05) is 91.1 Å². The molecule has 2 amide bonds. The van der Waals surface area contributed by atoms with E-state index in [0.29, 0.717) is 47.2 Å². The first-order valence-electron chi connectivity index (χ1n) is 13.7. The molecule has 4 aromatic rings. The number of nitriles is 1. The molecule has 8 nitrogen and oxygen atoms in total. The Labute approximate surface area is 255 Å². The van der Waals surface area contributed by atoms with E-state index in [1.54, 1.807) is 24.8 Å². The van der Waals surface area contributed by atoms with Crippen molar-refractivity contribution >= 4 is 29.5 Å². The minimum absolute atomic E-state index is 0.0600. The van der Waals surface area contributed by atoms with Gasteiger partial charge in [-0.1, -0.05) is 60.1 Å². The summed E-state index contributed by atoms with van der Waals surface area (Å²) >= 11 is 6.31. The lowest BCUT2D eigenvalue weighted by Gasteiger charge is -2.27. The van der Waals surface area contributed by atoms with E-state index in [0.717, 1.165) is 21.7 Å². The van der Waals surface area contributed by atoms with Gasteiger partial charge in [0.15, 0.2) is 0 Å². The highest BCUT2D eigenvalue weighted by Crippen LogP contribution is 2.32. The first-order valence-corrected chi connectivity index (χ1v) is 14.1. The molecule has 3 aromatic carbocycles. The van der Waals surface area contributed by atoms with Crippen molar-refractivity contribution in [1.29, 1.82) is 5.26 Å². The Bertz CT molecular complexity index is 1770. The number of nitrogens with zero attached hydrogens (tertiary/aromatic N) is 4. The number of methoxy groups -OCH3 is 1. The number of aromatic nitrogens is 2. The Morgan fingerprint density at radius 1 is 1.00 bits per heavy atom. The van der Waals surface area contributed by atoms with Crippen LogP contribution in [-0.4, -0.2) is 46.8 Å². The molecule has 0 fully saturated rings. The Morgan fingerprint density at radius 3 is 2.51 bits per heavy atom. The molecule has 2 heterocycles. The van der Waals surface area contributed by atoms with Gasteiger partial charge in [0.05, 0.1) is 5.69 Å². The van der Waals surface area contributed by atoms with Crippen LogP contribution < -0.4 is 4.74 Å². The third-order valence-corrected chi connectivity index (χ3v) is 7.45. The lowest BCUT2D eigenvalue weighted by atomic mass is 9.93. The summed E-state index contributed by atoms with van der Waals surface area (Å²) < 4.78 is 12.9. The topological polar surface area (TPSA) is 97.5 Å². The molecule has 0 aliphatic carbocycles. The number of ether oxygens (including phenoxy) is 2. The summed E-state index contributed by atoms with van der Waals surface area (Å²) in [6.45, 7) is 2.43. The number of carbonyl (C=O) groups excluding carboxylic acids is 2. The van der Waals surface area contributed by atoms with E-state index in [2.05, 4.69) is 0 Å². The number of rotatable bonds is 10. The van der Waals surface area contributed by atoms with Gasteiger partial charge in [-0.3, -0.25) is 14.5 Å². The lowest BCUT2D eigenvalue weighted by Crippen LogP contribution is -2.43. The van der Waals surface area contributed by atoms with Crippen LogP contribution in [0.25, 0.3) is 23.0 Å². The third kappa shape index (κ3) is 6.44. The average Bonchev–Trinajstić information content (AvgIpc) is 3.45. The predicted molar refractivity (Wildman–Crippen MR) is 164 cm³/mol. The van der Waals surface area contributed by atoms with Crippen molar-refractivity contribution in [1.82, 2.24) is 14.7 Å². The zero-order valence-corrected chi connectivity index (χ0v) is 24.5. The van der Waals surface area contributed by atoms with E-state index in [-0.39, 0.29) is 17.7 Å². The maximum absolute atomic E-state index is 13.6. The van der Waals surface area contributed by atoms with Gasteiger partial charge in [-0.05, 0) is 55.3 Å². The number of carbonyl (C=O) groups is 2. The average molecular weight is 593 g/mol. The van der Waals surface area contributed by atoms with Gasteiger partial charge in [0, 0.05) is 53.7 Å². The molecule has 0 saturated carbocycles. The van der Waals surface area contributed by atoms with E-state index < -0.39 is 11.8 Å². The quantitative estimate of drug-likeness (QED) is 0.120. The van der Waals surface area contributed by atoms with E-state index in [9.17, 15) is 14.9 Å². The predicted octanol–water partition coefficient (Wildman–Crippen LogP) is 6.40. The van der Waals surface area contributed by atoms with Gasteiger partial charge >= 0.3 is 0 Å². The van der Waals surface area contributed by atoms with Crippen molar-refractivity contribution in [2.45, 2.75) is 20.0 Å². The van der Waals surface area contributed by atoms with Gasteiger partial charge in [-0.2, -0.15) is 10.4 Å². The van der Waals surface area contributed by atoms with Gasteiger partial charge in [0.1, 0.15) is 29.7 Å². The van der Waals surface area contributed by atoms with Crippen molar-refractivity contribution in [3.05, 3.63) is 118 Å². The molecule has 0 unspecified atom stereocenters. The number of para-hydroxylation sites is 1. The van der Waals surface area contributed by atoms with Crippen LogP contribution in [0.1, 0.15) is 24.5 Å². The molecule has 1 aliphatic heterocycles. The molecule has 9 heteroatoms. The van der Waals surface area contributed by atoms with Crippen LogP contribution in [0.4, 0.5) is 0 Å². The Kier molecular flexibility index (Phi) is 9.16. The van der Waals surface area contributed by atoms with Crippen LogP contribution in [0.2, 0.25) is 5.02 Å². The van der Waals surface area contributed by atoms with Crippen molar-refractivity contribution in [3.8, 4) is 28.8 Å². The largest absolute Gasteiger partial charge is 0.489 e. The number of hydrogen-bond donors (Lipinski definition) is 0. The number of benzene rings is 3. The van der Waals surface area contributed by atoms with Gasteiger partial charge in [-0.15, -0.1) is 0 Å². The van der Waals surface area contributed by atoms with Crippen LogP contribution in [0, 0.1) is 11.3 Å². The summed E-state index contributed by atoms with van der Waals surface area (Å²) in [7, 11) is 1.55. The third-order valence-electron chi connectivity index (χ3n) is 7.08. The molecule has 0 spiro atoms. The highest BCUT2D eigenvalue weighted by atomic mass is 35.5. The van der Waals surface area contributed by atoms with Crippen molar-refractivity contribution in [3.63, 3.8) is 0 Å². The van der Waals surface area contributed by atoms with E-state index >= 15 is 0 Å². The monoisotopic (exact) mass is 592 g/mol. The second kappa shape index (κ2) is 13.3. The summed E-state index contributed by atoms with van der Waals surface area (Å²) in [4.78, 5) is 27.7. The molecule has 5 rings (SSSR count). The minimum Gasteiger partial charge on any atom is -0.489 e. The standard InChI is InChI=1S/C34H29ClN4O4/c1-23-29(33(40)38(16-9-17-42-2)34(41)30(23)20-36)19-26-21-39(27-12-4-3-5-13-27)37-32(26)24-11-8-14-28(18-24)43-22-25-10-6-7-15-31(25)35/h3-8,10-15,18-19,21H,9,16-17,22H2,1-2H3/b29-19+. The lowest BCUT2D eigenvalue weighted by molar-refractivity contribution is -0.140. The molecular formula is C34H29ClN4O4. The molecule has 0 radical (unpaired) electrons. The SMILES string of the molecule is COCCCN1C(=O)C(C#N)=C(C)/C(=C\c2cn(-c3ccccc3)nc2-c2cccc(OCc3ccccc3Cl)c2)C1=O. The Morgan fingerprint density at radius 2 is 1.77 bits per heavy atom. The highest BCUT2D eigenvalue weighted by Gasteiger charge is 2.35. The Balaban J connectivity index is 1.57. The zero-order valence-electron chi connectivity index (χ0n) is 23.8. The fourth-order valence-corrected chi connectivity index (χ4v) is 4.99. The molecule has 0 bridgehead atoms. The van der Waals surface area contributed by atoms with Crippen molar-refractivity contribution in [2.24, 2.45) is 0 Å². The summed E-state index contributed by atoms with van der Waals surface area (Å²) in [5, 5.41) is 15.3. The summed E-state index contributed by atoms with van der Waals surface area (Å²) in [6.07, 6.45) is 3.98. The molecule has 0 N–H and O–H groups in total. The fraction of sp³-hybridized carbons (Fsp3) is 0.176. The van der Waals surface area contributed by atoms with Gasteiger partial charge in [0.25, 0.3) is 11.8 Å². The van der Waals surface area contributed by atoms with Crippen LogP contribution >= 0.6 is 11.6 Å². The van der Waals surface area contributed by atoms with Crippen LogP contribution in [0.15, 0.2) is 102 Å². The highest BCUT2D eigenvalue weighted by molar-refractivity contribution is 6.31. The van der Waals surface area contributed by atoms with Crippen LogP contribution in [-0.2, 0) is 20.9 Å². The van der Waals surface area contributed by atoms with Gasteiger partial charge in [0.2, 0.25) is 0 Å². The fourth-order valence-electron chi connectivity index (χ4n) is 4.80. The van der Waals surface area contributed by atoms with Crippen molar-refractivity contribution < 1.29 is 19.1 Å². The Hall–Kier alpha value is -4.97. The number of hydrogen-bond acceptors (Lipinski definition) is 6. The molecule has 1 aromatic heterocycles. The first kappa shape index (κ1) is 29.5. The second-order valence-corrected chi connectivity index (χ2v) is 10.3. The molecule has 1 aliphatic rings. The van der Waals surface area contributed by atoms with Gasteiger partial charge < -0.3 is 9.47 Å². The van der Waals surface area contributed by atoms with Crippen LogP contribution in [0.5, 0.6) is 5.75 Å². The molecular weight excluding hydrogens is 564 g/mol. The maximum Gasteiger partial charge on any atom is 0.271 e. The normalized spacial score (nSPS) is 14.4. The first-order chi connectivity index (χ1) is 20.9. The summed E-state index contributed by atoms with van der Waals surface area (Å²) in [5.74, 6) is -0.438. The molecule has 216 valence electrons. The molecule has 0 atom stereocenters. The number of halogens is 1. The van der Waals surface area contributed by atoms with E-state index in [1.165, 1.54) is 0 Å². The number of amides is 2. The van der Waals surface area contributed by atoms with E-state index in [4.69, 9.17) is 26.2 Å².